The third kappa shape index (κ3) is 3.61. The molecule has 1 aromatic carbocycles. The van der Waals surface area contributed by atoms with Crippen molar-refractivity contribution in [1.82, 2.24) is 0 Å². The van der Waals surface area contributed by atoms with Crippen molar-refractivity contribution >= 4 is 34.8 Å². The molecule has 0 saturated carbocycles. The number of amides is 2. The van der Waals surface area contributed by atoms with Gasteiger partial charge in [-0.05, 0) is 51.3 Å². The predicted octanol–water partition coefficient (Wildman–Crippen LogP) is 3.72. The first-order valence-electron chi connectivity index (χ1n) is 7.63. The van der Waals surface area contributed by atoms with Crippen molar-refractivity contribution in [3.05, 3.63) is 23.8 Å². The number of alkyl halides is 1. The Morgan fingerprint density at radius 1 is 1.36 bits per heavy atom. The number of hydrogen-bond donors (Lipinski definition) is 1. The van der Waals surface area contributed by atoms with Crippen molar-refractivity contribution in [3.63, 3.8) is 0 Å². The normalized spacial score (nSPS) is 15.8. The molecule has 1 fully saturated rings. The highest BCUT2D eigenvalue weighted by Gasteiger charge is 2.27. The van der Waals surface area contributed by atoms with Crippen LogP contribution in [0.1, 0.15) is 38.7 Å². The Balaban J connectivity index is 2.23. The smallest absolute Gasteiger partial charge is 0.231 e. The maximum atomic E-state index is 12.2. The molecule has 0 bridgehead atoms. The summed E-state index contributed by atoms with van der Waals surface area (Å²) >= 11 is 5.84. The van der Waals surface area contributed by atoms with Gasteiger partial charge in [0.15, 0.2) is 0 Å². The molecule has 0 spiro atoms. The molecule has 5 heteroatoms. The monoisotopic (exact) mass is 322 g/mol. The van der Waals surface area contributed by atoms with Gasteiger partial charge in [0, 0.05) is 30.2 Å². The molecule has 1 aromatic rings. The number of hydrogen-bond acceptors (Lipinski definition) is 2. The summed E-state index contributed by atoms with van der Waals surface area (Å²) in [5.41, 5.74) is 1.98. The maximum absolute atomic E-state index is 12.2. The molecule has 0 radical (unpaired) electrons. The summed E-state index contributed by atoms with van der Waals surface area (Å²) in [7, 11) is 0. The van der Waals surface area contributed by atoms with E-state index in [1.54, 1.807) is 13.8 Å². The number of piperidine rings is 1. The quantitative estimate of drug-likeness (QED) is 0.859. The van der Waals surface area contributed by atoms with Gasteiger partial charge in [-0.15, -0.1) is 11.6 Å². The molecule has 22 heavy (non-hydrogen) atoms. The van der Waals surface area contributed by atoms with Gasteiger partial charge in [-0.3, -0.25) is 9.59 Å². The Kier molecular flexibility index (Phi) is 5.12. The second-order valence-corrected chi connectivity index (χ2v) is 6.74. The second kappa shape index (κ2) is 6.69. The van der Waals surface area contributed by atoms with E-state index in [4.69, 9.17) is 11.6 Å². The van der Waals surface area contributed by atoms with E-state index in [1.807, 2.05) is 30.0 Å². The first-order valence-corrected chi connectivity index (χ1v) is 8.17. The molecule has 1 aliphatic heterocycles. The highest BCUT2D eigenvalue weighted by Crippen LogP contribution is 2.29. The van der Waals surface area contributed by atoms with Crippen LogP contribution in [0.2, 0.25) is 0 Å². The maximum Gasteiger partial charge on any atom is 0.231 e. The fourth-order valence-electron chi connectivity index (χ4n) is 2.40. The number of anilines is 2. The van der Waals surface area contributed by atoms with Crippen LogP contribution in [0.3, 0.4) is 0 Å². The number of nitrogens with zero attached hydrogens (tertiary/aromatic N) is 1. The van der Waals surface area contributed by atoms with E-state index < -0.39 is 5.41 Å². The molecule has 4 nitrogen and oxygen atoms in total. The fourth-order valence-corrected chi connectivity index (χ4v) is 2.52. The minimum Gasteiger partial charge on any atom is -0.326 e. The van der Waals surface area contributed by atoms with Crippen LogP contribution in [0.15, 0.2) is 18.2 Å². The zero-order valence-electron chi connectivity index (χ0n) is 13.4. The first-order chi connectivity index (χ1) is 10.3. The average molecular weight is 323 g/mol. The van der Waals surface area contributed by atoms with Gasteiger partial charge in [0.1, 0.15) is 0 Å². The average Bonchev–Trinajstić information content (AvgIpc) is 2.50. The molecule has 0 aliphatic carbocycles. The van der Waals surface area contributed by atoms with E-state index in [9.17, 15) is 9.59 Å². The minimum absolute atomic E-state index is 0.123. The fraction of sp³-hybridized carbons (Fsp3) is 0.529. The Hall–Kier alpha value is -1.55. The third-order valence-electron chi connectivity index (χ3n) is 4.03. The summed E-state index contributed by atoms with van der Waals surface area (Å²) in [5.74, 6) is 0.281. The van der Waals surface area contributed by atoms with Gasteiger partial charge in [0.25, 0.3) is 0 Å². The number of carbonyl (C=O) groups excluding carboxylic acids is 2. The van der Waals surface area contributed by atoms with Crippen LogP contribution in [0.25, 0.3) is 0 Å². The summed E-state index contributed by atoms with van der Waals surface area (Å²) in [5, 5.41) is 2.89. The van der Waals surface area contributed by atoms with E-state index in [0.29, 0.717) is 12.1 Å². The molecule has 2 rings (SSSR count). The predicted molar refractivity (Wildman–Crippen MR) is 90.5 cm³/mol. The van der Waals surface area contributed by atoms with Gasteiger partial charge in [0.05, 0.1) is 5.41 Å². The van der Waals surface area contributed by atoms with Crippen molar-refractivity contribution < 1.29 is 9.59 Å². The van der Waals surface area contributed by atoms with Crippen LogP contribution >= 0.6 is 11.6 Å². The van der Waals surface area contributed by atoms with Crippen molar-refractivity contribution in [1.29, 1.82) is 0 Å². The number of halogens is 1. The second-order valence-electron chi connectivity index (χ2n) is 6.48. The van der Waals surface area contributed by atoms with E-state index >= 15 is 0 Å². The Morgan fingerprint density at radius 2 is 2.09 bits per heavy atom. The third-order valence-corrected chi connectivity index (χ3v) is 4.70. The largest absolute Gasteiger partial charge is 0.326 e. The van der Waals surface area contributed by atoms with Crippen LogP contribution in [0, 0.1) is 12.3 Å². The summed E-state index contributed by atoms with van der Waals surface area (Å²) in [6, 6.07) is 5.66. The van der Waals surface area contributed by atoms with Gasteiger partial charge >= 0.3 is 0 Å². The number of benzene rings is 1. The number of nitrogens with one attached hydrogen (secondary N) is 1. The van der Waals surface area contributed by atoms with Gasteiger partial charge in [0.2, 0.25) is 11.8 Å². The lowest BCUT2D eigenvalue weighted by molar-refractivity contribution is -0.123. The lowest BCUT2D eigenvalue weighted by Crippen LogP contribution is -2.36. The Morgan fingerprint density at radius 3 is 2.73 bits per heavy atom. The molecular weight excluding hydrogens is 300 g/mol. The molecule has 0 unspecified atom stereocenters. The number of carbonyl (C=O) groups is 2. The molecule has 120 valence electrons. The van der Waals surface area contributed by atoms with Crippen LogP contribution < -0.4 is 10.2 Å². The Bertz CT molecular complexity index is 584. The van der Waals surface area contributed by atoms with E-state index in [1.165, 1.54) is 0 Å². The summed E-state index contributed by atoms with van der Waals surface area (Å²) < 4.78 is 0. The number of rotatable bonds is 4. The van der Waals surface area contributed by atoms with E-state index in [0.717, 1.165) is 30.6 Å². The minimum atomic E-state index is -0.631. The molecule has 1 aliphatic rings. The summed E-state index contributed by atoms with van der Waals surface area (Å²) in [4.78, 5) is 26.2. The molecule has 1 saturated heterocycles. The van der Waals surface area contributed by atoms with Gasteiger partial charge in [-0.1, -0.05) is 6.07 Å². The summed E-state index contributed by atoms with van der Waals surface area (Å²) in [6.07, 6.45) is 2.56. The van der Waals surface area contributed by atoms with Crippen LogP contribution in [-0.2, 0) is 9.59 Å². The molecule has 0 atom stereocenters. The van der Waals surface area contributed by atoms with Gasteiger partial charge in [-0.25, -0.2) is 0 Å². The lowest BCUT2D eigenvalue weighted by atomic mass is 9.95. The standard InChI is InChI=1S/C17H23ClN2O2/c1-12-7-8-13(19-16(22)17(2,3)11-18)10-14(12)20-9-5-4-6-15(20)21/h7-8,10H,4-6,9,11H2,1-3H3,(H,19,22). The topological polar surface area (TPSA) is 49.4 Å². The van der Waals surface area contributed by atoms with E-state index in [2.05, 4.69) is 5.32 Å². The highest BCUT2D eigenvalue weighted by molar-refractivity contribution is 6.20. The van der Waals surface area contributed by atoms with Crippen LogP contribution in [-0.4, -0.2) is 24.2 Å². The van der Waals surface area contributed by atoms with Crippen molar-refractivity contribution in [2.24, 2.45) is 5.41 Å². The zero-order chi connectivity index (χ0) is 16.3. The molecule has 2 amide bonds. The SMILES string of the molecule is Cc1ccc(NC(=O)C(C)(C)CCl)cc1N1CCCCC1=O. The number of aryl methyl sites for hydroxylation is 1. The molecular formula is C17H23ClN2O2. The van der Waals surface area contributed by atoms with Gasteiger partial charge in [-0.2, -0.15) is 0 Å². The first kappa shape index (κ1) is 16.8. The molecule has 0 aromatic heterocycles. The summed E-state index contributed by atoms with van der Waals surface area (Å²) in [6.45, 7) is 6.33. The van der Waals surface area contributed by atoms with E-state index in [-0.39, 0.29) is 17.7 Å². The molecule has 1 N–H and O–H groups in total. The van der Waals surface area contributed by atoms with Crippen molar-refractivity contribution in [3.8, 4) is 0 Å². The highest BCUT2D eigenvalue weighted by atomic mass is 35.5. The zero-order valence-corrected chi connectivity index (χ0v) is 14.2. The Labute approximate surface area is 136 Å². The van der Waals surface area contributed by atoms with Crippen molar-refractivity contribution in [2.75, 3.05) is 22.6 Å². The molecule has 1 heterocycles. The lowest BCUT2D eigenvalue weighted by Gasteiger charge is -2.29. The van der Waals surface area contributed by atoms with Crippen LogP contribution in [0.5, 0.6) is 0 Å². The van der Waals surface area contributed by atoms with Crippen molar-refractivity contribution in [2.45, 2.75) is 40.0 Å². The van der Waals surface area contributed by atoms with Crippen LogP contribution in [0.4, 0.5) is 11.4 Å². The van der Waals surface area contributed by atoms with Gasteiger partial charge < -0.3 is 10.2 Å².